The van der Waals surface area contributed by atoms with E-state index >= 15 is 0 Å². The minimum absolute atomic E-state index is 0. The van der Waals surface area contributed by atoms with Crippen molar-refractivity contribution in [3.05, 3.63) is 0 Å². The van der Waals surface area contributed by atoms with E-state index in [-0.39, 0.29) is 51.0 Å². The van der Waals surface area contributed by atoms with E-state index in [1.807, 2.05) is 0 Å². The van der Waals surface area contributed by atoms with E-state index in [1.165, 1.54) is 0 Å². The Labute approximate surface area is 82.9 Å². The van der Waals surface area contributed by atoms with Crippen LogP contribution in [0.4, 0.5) is 0 Å². The first kappa shape index (κ1) is 22.7. The van der Waals surface area contributed by atoms with Crippen LogP contribution in [0.3, 0.4) is 0 Å². The van der Waals surface area contributed by atoms with E-state index in [0.717, 1.165) is 13.1 Å². The summed E-state index contributed by atoms with van der Waals surface area (Å²) >= 11 is 0. The molecule has 4 heteroatoms. The molecule has 52 valence electrons. The van der Waals surface area contributed by atoms with Gasteiger partial charge in [0.1, 0.15) is 0 Å². The Kier molecular flexibility index (Phi) is 67.4. The molecule has 0 aliphatic rings. The average Bonchev–Trinajstić information content (AvgIpc) is 1.41. The van der Waals surface area contributed by atoms with Crippen LogP contribution < -0.4 is 5.32 Å². The summed E-state index contributed by atoms with van der Waals surface area (Å²) in [5.41, 5.74) is 0. The maximum absolute atomic E-state index is 3.11. The zero-order chi connectivity index (χ0) is 4.12. The van der Waals surface area contributed by atoms with Gasteiger partial charge in [0.05, 0.1) is 0 Å². The summed E-state index contributed by atoms with van der Waals surface area (Å²) in [6, 6.07) is 0. The molecule has 0 saturated carbocycles. The molecule has 8 heavy (non-hydrogen) atoms. The molecule has 0 unspecified atom stereocenters. The Bertz CT molecular complexity index is 21.5. The summed E-state index contributed by atoms with van der Waals surface area (Å²) in [6.45, 7) is 6.39. The number of rotatable bonds is 2. The first-order valence-electron chi connectivity index (χ1n) is 2.12. The largest absolute Gasteiger partial charge is 0.317 e. The fraction of sp³-hybridized carbons (Fsp3) is 1.00. The molecule has 0 saturated heterocycles. The van der Waals surface area contributed by atoms with Gasteiger partial charge in [-0.2, -0.15) is 0 Å². The maximum atomic E-state index is 3.11. The topological polar surface area (TPSA) is 12.0 Å². The van der Waals surface area contributed by atoms with Crippen molar-refractivity contribution in [2.75, 3.05) is 13.1 Å². The summed E-state index contributed by atoms with van der Waals surface area (Å²) in [7, 11) is 0. The van der Waals surface area contributed by atoms with Crippen molar-refractivity contribution < 1.29 is 26.2 Å². The second-order valence-corrected chi connectivity index (χ2v) is 0.957. The van der Waals surface area contributed by atoms with Crippen molar-refractivity contribution in [2.45, 2.75) is 13.8 Å². The first-order chi connectivity index (χ1) is 2.41. The molecular weight excluding hydrogens is 224 g/mol. The van der Waals surface area contributed by atoms with Crippen LogP contribution in [0.1, 0.15) is 13.8 Å². The summed E-state index contributed by atoms with van der Waals surface area (Å²) < 4.78 is 0. The number of hydrogen-bond acceptors (Lipinski definition) is 1. The van der Waals surface area contributed by atoms with Crippen LogP contribution in [0, 0.1) is 0 Å². The first-order valence-corrected chi connectivity index (χ1v) is 2.12. The van der Waals surface area contributed by atoms with Gasteiger partial charge in [-0.3, -0.25) is 0 Å². The van der Waals surface area contributed by atoms with Gasteiger partial charge < -0.3 is 5.32 Å². The van der Waals surface area contributed by atoms with Crippen molar-refractivity contribution in [3.8, 4) is 0 Å². The minimum atomic E-state index is 0. The molecule has 0 fully saturated rings. The predicted octanol–water partition coefficient (Wildman–Crippen LogP) is 1.46. The normalized spacial score (nSPS) is 5.25. The van der Waals surface area contributed by atoms with Crippen molar-refractivity contribution >= 4 is 24.8 Å². The molecule has 0 heterocycles. The second-order valence-electron chi connectivity index (χ2n) is 0.957. The Hall–Kier alpha value is 1.42. The Morgan fingerprint density at radius 1 is 1.00 bits per heavy atom. The molecule has 0 aromatic carbocycles. The summed E-state index contributed by atoms with van der Waals surface area (Å²) in [5.74, 6) is 0. The third-order valence-corrected chi connectivity index (χ3v) is 0.500. The van der Waals surface area contributed by atoms with Gasteiger partial charge in [-0.25, -0.2) is 0 Å². The third-order valence-electron chi connectivity index (χ3n) is 0.500. The van der Waals surface area contributed by atoms with E-state index in [1.54, 1.807) is 0 Å². The summed E-state index contributed by atoms with van der Waals surface area (Å²) in [6.07, 6.45) is 0. The molecule has 0 aromatic heterocycles. The quantitative estimate of drug-likeness (QED) is 0.766. The van der Waals surface area contributed by atoms with Gasteiger partial charge in [0.25, 0.3) is 0 Å². The molecule has 1 nitrogen and oxygen atoms in total. The molecule has 0 rings (SSSR count). The van der Waals surface area contributed by atoms with Crippen LogP contribution in [-0.2, 0) is 26.2 Å². The molecule has 0 radical (unpaired) electrons. The number of nitrogens with one attached hydrogen (secondary N) is 1. The Balaban J connectivity index is -0.0000000267. The monoisotopic (exact) mass is 235 g/mol. The molecular formula is C4H13Cl2NZr. The zero-order valence-corrected chi connectivity index (χ0v) is 9.32. The Morgan fingerprint density at radius 3 is 1.25 bits per heavy atom. The second kappa shape index (κ2) is 23.7. The van der Waals surface area contributed by atoms with Gasteiger partial charge >= 0.3 is 0 Å². The standard InChI is InChI=1S/C4H11N.2ClH.Zr/c1-3-5-4-2;;;/h5H,3-4H2,1-2H3;2*1H;. The van der Waals surface area contributed by atoms with Crippen LogP contribution in [0.2, 0.25) is 0 Å². The SMILES string of the molecule is CCNCC.Cl.Cl.[Zr]. The van der Waals surface area contributed by atoms with Gasteiger partial charge in [0.2, 0.25) is 0 Å². The van der Waals surface area contributed by atoms with Crippen molar-refractivity contribution in [1.82, 2.24) is 5.32 Å². The third kappa shape index (κ3) is 26.1. The average molecular weight is 237 g/mol. The van der Waals surface area contributed by atoms with Crippen LogP contribution >= 0.6 is 24.8 Å². The predicted molar refractivity (Wildman–Crippen MR) is 38.7 cm³/mol. The van der Waals surface area contributed by atoms with E-state index < -0.39 is 0 Å². The summed E-state index contributed by atoms with van der Waals surface area (Å²) in [5, 5.41) is 3.11. The maximum Gasteiger partial charge on any atom is 0 e. The van der Waals surface area contributed by atoms with Crippen LogP contribution in [0.15, 0.2) is 0 Å². The molecule has 1 N–H and O–H groups in total. The molecule has 0 aliphatic carbocycles. The van der Waals surface area contributed by atoms with E-state index in [0.29, 0.717) is 0 Å². The van der Waals surface area contributed by atoms with Gasteiger partial charge in [-0.1, -0.05) is 13.8 Å². The fourth-order valence-electron chi connectivity index (χ4n) is 0.250. The van der Waals surface area contributed by atoms with E-state index in [9.17, 15) is 0 Å². The molecule has 0 bridgehead atoms. The molecule has 0 spiro atoms. The van der Waals surface area contributed by atoms with E-state index in [2.05, 4.69) is 19.2 Å². The fourth-order valence-corrected chi connectivity index (χ4v) is 0.250. The van der Waals surface area contributed by atoms with Gasteiger partial charge in [-0.15, -0.1) is 24.8 Å². The van der Waals surface area contributed by atoms with Crippen LogP contribution in [0.25, 0.3) is 0 Å². The smallest absolute Gasteiger partial charge is 0 e. The zero-order valence-electron chi connectivity index (χ0n) is 5.23. The van der Waals surface area contributed by atoms with Crippen molar-refractivity contribution in [3.63, 3.8) is 0 Å². The number of halogens is 2. The van der Waals surface area contributed by atoms with Crippen LogP contribution in [-0.4, -0.2) is 13.1 Å². The van der Waals surface area contributed by atoms with Gasteiger partial charge in [0.15, 0.2) is 0 Å². The number of hydrogen-bond donors (Lipinski definition) is 1. The molecule has 0 amide bonds. The summed E-state index contributed by atoms with van der Waals surface area (Å²) in [4.78, 5) is 0. The molecule has 0 aliphatic heterocycles. The van der Waals surface area contributed by atoms with Crippen LogP contribution in [0.5, 0.6) is 0 Å². The van der Waals surface area contributed by atoms with Crippen molar-refractivity contribution in [2.24, 2.45) is 0 Å². The molecule has 0 atom stereocenters. The van der Waals surface area contributed by atoms with E-state index in [4.69, 9.17) is 0 Å². The van der Waals surface area contributed by atoms with Gasteiger partial charge in [0, 0.05) is 26.2 Å². The minimum Gasteiger partial charge on any atom is -0.317 e. The van der Waals surface area contributed by atoms with Crippen molar-refractivity contribution in [1.29, 1.82) is 0 Å². The Morgan fingerprint density at radius 2 is 1.25 bits per heavy atom. The molecule has 0 aromatic rings. The van der Waals surface area contributed by atoms with Gasteiger partial charge in [-0.05, 0) is 13.1 Å².